The predicted octanol–water partition coefficient (Wildman–Crippen LogP) is 3.95. The van der Waals surface area contributed by atoms with E-state index in [0.717, 1.165) is 6.07 Å². The minimum atomic E-state index is -5.62. The molecule has 0 N–H and O–H groups in total. The summed E-state index contributed by atoms with van der Waals surface area (Å²) in [5.74, 6) is 0.190. The van der Waals surface area contributed by atoms with Gasteiger partial charge in [-0.05, 0) is 23.9 Å². The molecule has 0 aliphatic heterocycles. The Bertz CT molecular complexity index is 419. The van der Waals surface area contributed by atoms with Gasteiger partial charge >= 0.3 is 11.4 Å². The van der Waals surface area contributed by atoms with Crippen LogP contribution in [0.2, 0.25) is 0 Å². The van der Waals surface area contributed by atoms with Gasteiger partial charge in [0.15, 0.2) is 0 Å². The number of benzene rings is 1. The molecule has 0 unspecified atom stereocenters. The number of hydrogen-bond acceptors (Lipinski definition) is 3. The highest BCUT2D eigenvalue weighted by Gasteiger charge is 2.58. The van der Waals surface area contributed by atoms with Crippen LogP contribution in [0.25, 0.3) is 0 Å². The van der Waals surface area contributed by atoms with E-state index in [-0.39, 0.29) is 10.6 Å². The van der Waals surface area contributed by atoms with Gasteiger partial charge in [0.05, 0.1) is 19.1 Å². The Morgan fingerprint density at radius 1 is 1.00 bits per heavy atom. The van der Waals surface area contributed by atoms with Gasteiger partial charge in [0.1, 0.15) is 11.5 Å². The van der Waals surface area contributed by atoms with E-state index < -0.39 is 23.2 Å². The Labute approximate surface area is 104 Å². The number of ether oxygens (including phenoxy) is 2. The van der Waals surface area contributed by atoms with E-state index in [1.807, 2.05) is 0 Å². The molecule has 0 radical (unpaired) electrons. The van der Waals surface area contributed by atoms with Gasteiger partial charge in [-0.2, -0.15) is 22.0 Å². The summed E-state index contributed by atoms with van der Waals surface area (Å²) >= 11 is -0.616. The molecule has 0 atom stereocenters. The van der Waals surface area contributed by atoms with Crippen molar-refractivity contribution in [2.75, 3.05) is 14.2 Å². The van der Waals surface area contributed by atoms with E-state index in [4.69, 9.17) is 9.47 Å². The van der Waals surface area contributed by atoms with Crippen LogP contribution in [0.1, 0.15) is 0 Å². The SMILES string of the molecule is COc1ccc(SC(F)(F)C(F)(F)F)c(OC)c1. The predicted molar refractivity (Wildman–Crippen MR) is 56.4 cm³/mol. The molecule has 0 saturated heterocycles. The molecule has 102 valence electrons. The maximum atomic E-state index is 12.9. The van der Waals surface area contributed by atoms with E-state index in [9.17, 15) is 22.0 Å². The molecule has 0 heterocycles. The number of halogens is 5. The second kappa shape index (κ2) is 5.21. The van der Waals surface area contributed by atoms with Crippen LogP contribution in [0.5, 0.6) is 11.5 Å². The number of methoxy groups -OCH3 is 2. The van der Waals surface area contributed by atoms with Gasteiger partial charge in [-0.25, -0.2) is 0 Å². The van der Waals surface area contributed by atoms with Crippen LogP contribution >= 0.6 is 11.8 Å². The van der Waals surface area contributed by atoms with Gasteiger partial charge in [0, 0.05) is 6.07 Å². The zero-order valence-electron chi connectivity index (χ0n) is 9.35. The Morgan fingerprint density at radius 3 is 2.06 bits per heavy atom. The van der Waals surface area contributed by atoms with Crippen LogP contribution < -0.4 is 9.47 Å². The summed E-state index contributed by atoms with van der Waals surface area (Å²) in [7, 11) is 2.51. The monoisotopic (exact) mass is 288 g/mol. The number of thioether (sulfide) groups is 1. The van der Waals surface area contributed by atoms with E-state index in [1.54, 1.807) is 0 Å². The summed E-state index contributed by atoms with van der Waals surface area (Å²) in [5, 5.41) is -4.88. The van der Waals surface area contributed by atoms with Crippen LogP contribution in [0.15, 0.2) is 23.1 Å². The first-order valence-corrected chi connectivity index (χ1v) is 5.38. The zero-order chi connectivity index (χ0) is 14.0. The normalized spacial score (nSPS) is 12.4. The lowest BCUT2D eigenvalue weighted by molar-refractivity contribution is -0.237. The van der Waals surface area contributed by atoms with Crippen molar-refractivity contribution in [2.45, 2.75) is 16.3 Å². The van der Waals surface area contributed by atoms with Gasteiger partial charge < -0.3 is 9.47 Å². The molecule has 0 aliphatic rings. The van der Waals surface area contributed by atoms with Crippen molar-refractivity contribution in [2.24, 2.45) is 0 Å². The van der Waals surface area contributed by atoms with E-state index in [0.29, 0.717) is 5.75 Å². The van der Waals surface area contributed by atoms with Crippen LogP contribution in [0.4, 0.5) is 22.0 Å². The van der Waals surface area contributed by atoms with E-state index in [2.05, 4.69) is 0 Å². The summed E-state index contributed by atoms with van der Waals surface area (Å²) in [6.07, 6.45) is -5.62. The fourth-order valence-electron chi connectivity index (χ4n) is 1.06. The van der Waals surface area contributed by atoms with Crippen molar-refractivity contribution in [3.63, 3.8) is 0 Å². The van der Waals surface area contributed by atoms with Gasteiger partial charge in [0.2, 0.25) is 0 Å². The van der Waals surface area contributed by atoms with Crippen LogP contribution in [0.3, 0.4) is 0 Å². The van der Waals surface area contributed by atoms with Crippen molar-refractivity contribution in [3.8, 4) is 11.5 Å². The largest absolute Gasteiger partial charge is 0.497 e. The fraction of sp³-hybridized carbons (Fsp3) is 0.400. The number of alkyl halides is 5. The summed E-state index contributed by atoms with van der Waals surface area (Å²) in [6.45, 7) is 0. The molecule has 0 saturated carbocycles. The average molecular weight is 288 g/mol. The van der Waals surface area contributed by atoms with Gasteiger partial charge in [-0.3, -0.25) is 0 Å². The first-order chi connectivity index (χ1) is 8.21. The lowest BCUT2D eigenvalue weighted by atomic mass is 10.3. The Hall–Kier alpha value is -1.18. The molecule has 18 heavy (non-hydrogen) atoms. The molecular formula is C10H9F5O2S. The maximum absolute atomic E-state index is 12.9. The summed E-state index contributed by atoms with van der Waals surface area (Å²) in [6, 6.07) is 3.59. The third kappa shape index (κ3) is 3.18. The Kier molecular flexibility index (Phi) is 4.31. The highest BCUT2D eigenvalue weighted by molar-refractivity contribution is 8.00. The fourth-order valence-corrected chi connectivity index (χ4v) is 1.83. The van der Waals surface area contributed by atoms with Crippen molar-refractivity contribution < 1.29 is 31.4 Å². The summed E-state index contributed by atoms with van der Waals surface area (Å²) in [4.78, 5) is -0.319. The Balaban J connectivity index is 3.04. The number of rotatable bonds is 4. The molecule has 1 aromatic carbocycles. The van der Waals surface area contributed by atoms with Crippen molar-refractivity contribution in [1.82, 2.24) is 0 Å². The third-order valence-corrected chi connectivity index (χ3v) is 2.98. The van der Waals surface area contributed by atoms with Crippen molar-refractivity contribution >= 4 is 11.8 Å². The molecule has 0 aromatic heterocycles. The standard InChI is InChI=1S/C10H9F5O2S/c1-16-6-3-4-8(7(5-6)17-2)18-10(14,15)9(11,12)13/h3-5H,1-2H3. The van der Waals surface area contributed by atoms with Gasteiger partial charge in [-0.15, -0.1) is 0 Å². The molecule has 0 amide bonds. The topological polar surface area (TPSA) is 18.5 Å². The quantitative estimate of drug-likeness (QED) is 0.617. The smallest absolute Gasteiger partial charge is 0.464 e. The minimum Gasteiger partial charge on any atom is -0.497 e. The lowest BCUT2D eigenvalue weighted by Gasteiger charge is -2.19. The summed E-state index contributed by atoms with van der Waals surface area (Å²) in [5.41, 5.74) is 0. The summed E-state index contributed by atoms with van der Waals surface area (Å²) < 4.78 is 71.5. The average Bonchev–Trinajstić information content (AvgIpc) is 2.27. The Morgan fingerprint density at radius 2 is 1.61 bits per heavy atom. The first kappa shape index (κ1) is 14.9. The highest BCUT2D eigenvalue weighted by atomic mass is 32.2. The highest BCUT2D eigenvalue weighted by Crippen LogP contribution is 2.50. The molecule has 2 nitrogen and oxygen atoms in total. The lowest BCUT2D eigenvalue weighted by Crippen LogP contribution is -2.32. The van der Waals surface area contributed by atoms with E-state index in [1.165, 1.54) is 26.4 Å². The zero-order valence-corrected chi connectivity index (χ0v) is 10.2. The van der Waals surface area contributed by atoms with E-state index >= 15 is 0 Å². The van der Waals surface area contributed by atoms with Crippen LogP contribution in [-0.2, 0) is 0 Å². The molecule has 0 spiro atoms. The first-order valence-electron chi connectivity index (χ1n) is 4.57. The second-order valence-corrected chi connectivity index (χ2v) is 4.29. The molecule has 1 aromatic rings. The molecule has 0 bridgehead atoms. The molecule has 8 heteroatoms. The third-order valence-electron chi connectivity index (χ3n) is 1.94. The minimum absolute atomic E-state index is 0.108. The van der Waals surface area contributed by atoms with Gasteiger partial charge in [-0.1, -0.05) is 0 Å². The molecule has 0 aliphatic carbocycles. The van der Waals surface area contributed by atoms with Crippen molar-refractivity contribution in [3.05, 3.63) is 18.2 Å². The van der Waals surface area contributed by atoms with Crippen molar-refractivity contribution in [1.29, 1.82) is 0 Å². The molecular weight excluding hydrogens is 279 g/mol. The molecule has 1 rings (SSSR count). The maximum Gasteiger partial charge on any atom is 0.464 e. The van der Waals surface area contributed by atoms with Crippen LogP contribution in [0, 0.1) is 0 Å². The molecule has 0 fully saturated rings. The van der Waals surface area contributed by atoms with Gasteiger partial charge in [0.25, 0.3) is 0 Å². The number of hydrogen-bond donors (Lipinski definition) is 0. The second-order valence-electron chi connectivity index (χ2n) is 3.13. The van der Waals surface area contributed by atoms with Crippen LogP contribution in [-0.4, -0.2) is 25.7 Å².